The first-order valence-electron chi connectivity index (χ1n) is 12.7. The Morgan fingerprint density at radius 1 is 0.838 bits per heavy atom. The maximum Gasteiger partial charge on any atom is 0.331 e. The van der Waals surface area contributed by atoms with Crippen LogP contribution in [-0.2, 0) is 9.53 Å². The molecule has 7 heteroatoms. The zero-order valence-corrected chi connectivity index (χ0v) is 22.6. The maximum atomic E-state index is 13.7. The molecule has 0 fully saturated rings. The molecule has 196 valence electrons. The average molecular weight is 504 g/mol. The fourth-order valence-electron chi connectivity index (χ4n) is 5.01. The largest absolute Gasteiger partial charge is 0.467 e. The Morgan fingerprint density at radius 2 is 1.41 bits per heavy atom. The van der Waals surface area contributed by atoms with Gasteiger partial charge in [-0.3, -0.25) is 4.79 Å². The van der Waals surface area contributed by atoms with Crippen molar-refractivity contribution in [3.63, 3.8) is 0 Å². The lowest BCUT2D eigenvalue weighted by atomic mass is 9.88. The van der Waals surface area contributed by atoms with E-state index in [4.69, 9.17) is 4.74 Å². The number of hydrogen-bond acceptors (Lipinski definition) is 4. The van der Waals surface area contributed by atoms with E-state index in [2.05, 4.69) is 16.0 Å². The summed E-state index contributed by atoms with van der Waals surface area (Å²) < 4.78 is 5.09. The van der Waals surface area contributed by atoms with Crippen molar-refractivity contribution < 1.29 is 19.1 Å². The molecule has 0 atom stereocenters. The van der Waals surface area contributed by atoms with Gasteiger partial charge in [0.15, 0.2) is 0 Å². The molecule has 0 heterocycles. The molecule has 3 amide bonds. The minimum absolute atomic E-state index is 0.270. The van der Waals surface area contributed by atoms with Crippen molar-refractivity contribution in [3.05, 3.63) is 70.8 Å². The quantitative estimate of drug-likeness (QED) is 0.285. The number of nitrogens with one attached hydrogen (secondary N) is 3. The first-order valence-corrected chi connectivity index (χ1v) is 12.7. The number of urea groups is 1. The van der Waals surface area contributed by atoms with Crippen LogP contribution in [0.25, 0.3) is 10.8 Å². The van der Waals surface area contributed by atoms with Gasteiger partial charge in [-0.2, -0.15) is 0 Å². The van der Waals surface area contributed by atoms with Crippen LogP contribution in [0.1, 0.15) is 66.6 Å². The minimum Gasteiger partial charge on any atom is -0.467 e. The predicted octanol–water partition coefficient (Wildman–Crippen LogP) is 6.65. The first-order chi connectivity index (χ1) is 17.6. The van der Waals surface area contributed by atoms with E-state index < -0.39 is 23.4 Å². The summed E-state index contributed by atoms with van der Waals surface area (Å²) in [7, 11) is 1.33. The summed E-state index contributed by atoms with van der Waals surface area (Å²) in [6, 6.07) is 14.7. The number of aryl methyl sites for hydroxylation is 3. The van der Waals surface area contributed by atoms with E-state index in [1.54, 1.807) is 12.1 Å². The Bertz CT molecular complexity index is 1290. The van der Waals surface area contributed by atoms with Gasteiger partial charge in [-0.1, -0.05) is 68.7 Å². The van der Waals surface area contributed by atoms with Gasteiger partial charge < -0.3 is 20.7 Å². The summed E-state index contributed by atoms with van der Waals surface area (Å²) in [6.07, 6.45) is 2.27. The Kier molecular flexibility index (Phi) is 8.92. The summed E-state index contributed by atoms with van der Waals surface area (Å²) >= 11 is 0. The molecule has 3 aromatic carbocycles. The van der Waals surface area contributed by atoms with Gasteiger partial charge in [-0.05, 0) is 67.6 Å². The molecule has 3 rings (SSSR count). The number of carbonyl (C=O) groups is 3. The number of esters is 1. The van der Waals surface area contributed by atoms with E-state index in [1.807, 2.05) is 71.0 Å². The highest BCUT2D eigenvalue weighted by Gasteiger charge is 2.40. The smallest absolute Gasteiger partial charge is 0.331 e. The molecular weight excluding hydrogens is 466 g/mol. The molecule has 0 bridgehead atoms. The highest BCUT2D eigenvalue weighted by molar-refractivity contribution is 6.10. The molecule has 0 unspecified atom stereocenters. The summed E-state index contributed by atoms with van der Waals surface area (Å²) in [5.74, 6) is -0.918. The van der Waals surface area contributed by atoms with Crippen molar-refractivity contribution in [3.8, 4) is 0 Å². The molecule has 0 spiro atoms. The molecule has 0 saturated carbocycles. The van der Waals surface area contributed by atoms with Crippen LogP contribution >= 0.6 is 0 Å². The van der Waals surface area contributed by atoms with Crippen molar-refractivity contribution in [2.75, 3.05) is 17.7 Å². The average Bonchev–Trinajstić information content (AvgIpc) is 2.85. The standard InChI is InChI=1S/C30H37N3O4/c1-7-13-30(14-8-2,28(35)37-6)33-27(34)24-17-22-11-9-10-12-23(22)18-25(24)31-29(36)32-26-20(4)15-19(3)16-21(26)5/h9-12,15-18H,7-8,13-14H2,1-6H3,(H,33,34)(H2,31,32,36). The molecule has 0 aliphatic rings. The molecule has 3 aromatic rings. The highest BCUT2D eigenvalue weighted by Crippen LogP contribution is 2.28. The third-order valence-electron chi connectivity index (χ3n) is 6.58. The van der Waals surface area contributed by atoms with Crippen LogP contribution < -0.4 is 16.0 Å². The minimum atomic E-state index is -1.14. The molecule has 0 radical (unpaired) electrons. The van der Waals surface area contributed by atoms with Gasteiger partial charge in [0, 0.05) is 5.69 Å². The molecule has 37 heavy (non-hydrogen) atoms. The van der Waals surface area contributed by atoms with Crippen LogP contribution in [0.4, 0.5) is 16.2 Å². The van der Waals surface area contributed by atoms with Crippen molar-refractivity contribution in [2.45, 2.75) is 65.8 Å². The van der Waals surface area contributed by atoms with Gasteiger partial charge in [-0.25, -0.2) is 9.59 Å². The highest BCUT2D eigenvalue weighted by atomic mass is 16.5. The van der Waals surface area contributed by atoms with Crippen LogP contribution in [0.15, 0.2) is 48.5 Å². The van der Waals surface area contributed by atoms with E-state index in [1.165, 1.54) is 7.11 Å². The topological polar surface area (TPSA) is 96.5 Å². The molecular formula is C30H37N3O4. The van der Waals surface area contributed by atoms with Crippen LogP contribution in [0, 0.1) is 20.8 Å². The zero-order valence-electron chi connectivity index (χ0n) is 22.6. The number of ether oxygens (including phenoxy) is 1. The van der Waals surface area contributed by atoms with E-state index in [9.17, 15) is 14.4 Å². The van der Waals surface area contributed by atoms with Crippen LogP contribution in [0.2, 0.25) is 0 Å². The number of fused-ring (bicyclic) bond motifs is 1. The second kappa shape index (κ2) is 11.9. The molecule has 3 N–H and O–H groups in total. The second-order valence-electron chi connectivity index (χ2n) is 9.63. The van der Waals surface area contributed by atoms with Gasteiger partial charge in [0.1, 0.15) is 5.54 Å². The van der Waals surface area contributed by atoms with Gasteiger partial charge in [0.25, 0.3) is 5.91 Å². The lowest BCUT2D eigenvalue weighted by Gasteiger charge is -2.32. The molecule has 7 nitrogen and oxygen atoms in total. The fourth-order valence-corrected chi connectivity index (χ4v) is 5.01. The molecule has 0 aliphatic carbocycles. The van der Waals surface area contributed by atoms with E-state index in [-0.39, 0.29) is 5.56 Å². The monoisotopic (exact) mass is 503 g/mol. The molecule has 0 saturated heterocycles. The summed E-state index contributed by atoms with van der Waals surface area (Å²) in [4.78, 5) is 39.6. The fraction of sp³-hybridized carbons (Fsp3) is 0.367. The summed E-state index contributed by atoms with van der Waals surface area (Å²) in [6.45, 7) is 9.82. The maximum absolute atomic E-state index is 13.7. The summed E-state index contributed by atoms with van der Waals surface area (Å²) in [5, 5.41) is 10.5. The SMILES string of the molecule is CCCC(CCC)(NC(=O)c1cc2ccccc2cc1NC(=O)Nc1c(C)cc(C)cc1C)C(=O)OC. The van der Waals surface area contributed by atoms with Gasteiger partial charge in [-0.15, -0.1) is 0 Å². The molecule has 0 aromatic heterocycles. The third kappa shape index (κ3) is 6.28. The summed E-state index contributed by atoms with van der Waals surface area (Å²) in [5.41, 5.74) is 3.22. The number of rotatable bonds is 9. The van der Waals surface area contributed by atoms with Crippen LogP contribution in [0.3, 0.4) is 0 Å². The van der Waals surface area contributed by atoms with E-state index in [0.29, 0.717) is 31.4 Å². The van der Waals surface area contributed by atoms with Crippen LogP contribution in [0.5, 0.6) is 0 Å². The number of methoxy groups -OCH3 is 1. The Morgan fingerprint density at radius 3 is 1.95 bits per heavy atom. The van der Waals surface area contributed by atoms with Gasteiger partial charge in [0.2, 0.25) is 0 Å². The lowest BCUT2D eigenvalue weighted by molar-refractivity contribution is -0.149. The number of hydrogen-bond donors (Lipinski definition) is 3. The van der Waals surface area contributed by atoms with Gasteiger partial charge in [0.05, 0.1) is 18.4 Å². The number of anilines is 2. The second-order valence-corrected chi connectivity index (χ2v) is 9.63. The molecule has 0 aliphatic heterocycles. The van der Waals surface area contributed by atoms with Crippen LogP contribution in [-0.4, -0.2) is 30.6 Å². The van der Waals surface area contributed by atoms with Crippen molar-refractivity contribution >= 4 is 40.1 Å². The number of amides is 3. The first kappa shape index (κ1) is 27.7. The normalized spacial score (nSPS) is 11.2. The Hall–Kier alpha value is -3.87. The van der Waals surface area contributed by atoms with E-state index >= 15 is 0 Å². The van der Waals surface area contributed by atoms with E-state index in [0.717, 1.165) is 33.2 Å². The van der Waals surface area contributed by atoms with Gasteiger partial charge >= 0.3 is 12.0 Å². The predicted molar refractivity (Wildman–Crippen MR) is 149 cm³/mol. The van der Waals surface area contributed by atoms with Crippen molar-refractivity contribution in [1.29, 1.82) is 0 Å². The third-order valence-corrected chi connectivity index (χ3v) is 6.58. The Labute approximate surface area is 219 Å². The lowest BCUT2D eigenvalue weighted by Crippen LogP contribution is -2.55. The Balaban J connectivity index is 2.00. The van der Waals surface area contributed by atoms with Crippen molar-refractivity contribution in [1.82, 2.24) is 5.32 Å². The number of benzene rings is 3. The number of carbonyl (C=O) groups excluding carboxylic acids is 3. The van der Waals surface area contributed by atoms with Crippen molar-refractivity contribution in [2.24, 2.45) is 0 Å². The zero-order chi connectivity index (χ0) is 27.2.